The van der Waals surface area contributed by atoms with E-state index in [9.17, 15) is 4.79 Å². The summed E-state index contributed by atoms with van der Waals surface area (Å²) in [6, 6.07) is 6.52. The van der Waals surface area contributed by atoms with Crippen molar-refractivity contribution in [1.29, 1.82) is 0 Å². The van der Waals surface area contributed by atoms with Crippen LogP contribution in [0.1, 0.15) is 5.56 Å². The van der Waals surface area contributed by atoms with Gasteiger partial charge in [0.15, 0.2) is 0 Å². The smallest absolute Gasteiger partial charge is 0.307 e. The van der Waals surface area contributed by atoms with Gasteiger partial charge in [0, 0.05) is 21.8 Å². The van der Waals surface area contributed by atoms with Gasteiger partial charge >= 0.3 is 5.97 Å². The number of carbonyl (C=O) groups is 1. The predicted octanol–water partition coefficient (Wildman–Crippen LogP) is 4.34. The average molecular weight is 317 g/mol. The molecule has 19 heavy (non-hydrogen) atoms. The molecular formula is C13H8Cl3NO2. The lowest BCUT2D eigenvalue weighted by Crippen LogP contribution is -2.03. The quantitative estimate of drug-likeness (QED) is 0.916. The normalized spacial score (nSPS) is 10.5. The third-order valence-corrected chi connectivity index (χ3v) is 3.05. The van der Waals surface area contributed by atoms with Crippen molar-refractivity contribution in [3.8, 4) is 11.3 Å². The minimum Gasteiger partial charge on any atom is -0.481 e. The molecule has 1 heterocycles. The first-order valence-corrected chi connectivity index (χ1v) is 6.42. The van der Waals surface area contributed by atoms with E-state index in [4.69, 9.17) is 39.9 Å². The van der Waals surface area contributed by atoms with Crippen molar-refractivity contribution in [2.24, 2.45) is 0 Å². The Morgan fingerprint density at radius 2 is 1.68 bits per heavy atom. The lowest BCUT2D eigenvalue weighted by molar-refractivity contribution is -0.136. The summed E-state index contributed by atoms with van der Waals surface area (Å²) in [7, 11) is 0. The molecule has 0 aliphatic carbocycles. The summed E-state index contributed by atoms with van der Waals surface area (Å²) >= 11 is 17.7. The molecule has 0 aliphatic rings. The summed E-state index contributed by atoms with van der Waals surface area (Å²) in [5.74, 6) is -0.960. The van der Waals surface area contributed by atoms with Gasteiger partial charge in [-0.3, -0.25) is 9.78 Å². The lowest BCUT2D eigenvalue weighted by Gasteiger charge is -2.08. The number of nitrogens with zero attached hydrogens (tertiary/aromatic N) is 1. The summed E-state index contributed by atoms with van der Waals surface area (Å²) in [5.41, 5.74) is 1.68. The van der Waals surface area contributed by atoms with Crippen molar-refractivity contribution in [2.75, 3.05) is 0 Å². The number of hydrogen-bond acceptors (Lipinski definition) is 2. The highest BCUT2D eigenvalue weighted by atomic mass is 35.5. The summed E-state index contributed by atoms with van der Waals surface area (Å²) in [5, 5.41) is 10.2. The number of hydrogen-bond donors (Lipinski definition) is 1. The monoisotopic (exact) mass is 315 g/mol. The number of halogens is 3. The van der Waals surface area contributed by atoms with Gasteiger partial charge < -0.3 is 5.11 Å². The van der Waals surface area contributed by atoms with Crippen molar-refractivity contribution in [1.82, 2.24) is 4.98 Å². The highest BCUT2D eigenvalue weighted by molar-refractivity contribution is 6.35. The molecule has 98 valence electrons. The van der Waals surface area contributed by atoms with Gasteiger partial charge in [-0.2, -0.15) is 0 Å². The number of rotatable bonds is 3. The maximum absolute atomic E-state index is 10.9. The second-order valence-electron chi connectivity index (χ2n) is 3.89. The van der Waals surface area contributed by atoms with Crippen LogP contribution in [0.3, 0.4) is 0 Å². The van der Waals surface area contributed by atoms with E-state index in [-0.39, 0.29) is 6.42 Å². The minimum absolute atomic E-state index is 0.174. The van der Waals surface area contributed by atoms with Crippen LogP contribution in [0.5, 0.6) is 0 Å². The Labute approximate surface area is 124 Å². The second-order valence-corrected chi connectivity index (χ2v) is 5.20. The van der Waals surface area contributed by atoms with Gasteiger partial charge in [0.05, 0.1) is 17.1 Å². The summed E-state index contributed by atoms with van der Waals surface area (Å²) in [6.07, 6.45) is 1.28. The largest absolute Gasteiger partial charge is 0.481 e. The van der Waals surface area contributed by atoms with E-state index in [0.717, 1.165) is 0 Å². The number of aliphatic carboxylic acids is 1. The maximum atomic E-state index is 10.9. The van der Waals surface area contributed by atoms with Crippen molar-refractivity contribution in [2.45, 2.75) is 6.42 Å². The van der Waals surface area contributed by atoms with Gasteiger partial charge in [0.1, 0.15) is 0 Å². The zero-order chi connectivity index (χ0) is 14.0. The Morgan fingerprint density at radius 1 is 1.05 bits per heavy atom. The van der Waals surface area contributed by atoms with Crippen molar-refractivity contribution in [3.05, 3.63) is 51.1 Å². The molecule has 0 saturated carbocycles. The molecule has 3 nitrogen and oxygen atoms in total. The Bertz CT molecular complexity index is 624. The topological polar surface area (TPSA) is 50.2 Å². The standard InChI is InChI=1S/C13H8Cl3NO2/c14-9-1-7(2-10(15)5-9)13-8(4-12(18)19)3-11(16)6-17-13/h1-3,5-6H,4H2,(H,18,19). The zero-order valence-corrected chi connectivity index (χ0v) is 11.8. The van der Waals surface area contributed by atoms with E-state index in [1.807, 2.05) is 0 Å². The number of carboxylic acids is 1. The molecule has 0 unspecified atom stereocenters. The molecule has 0 bridgehead atoms. The van der Waals surface area contributed by atoms with Crippen LogP contribution in [0.15, 0.2) is 30.5 Å². The minimum atomic E-state index is -0.960. The fraction of sp³-hybridized carbons (Fsp3) is 0.0769. The van der Waals surface area contributed by atoms with E-state index in [2.05, 4.69) is 4.98 Å². The van der Waals surface area contributed by atoms with Gasteiger partial charge in [0.2, 0.25) is 0 Å². The number of pyridine rings is 1. The van der Waals surface area contributed by atoms with Crippen molar-refractivity contribution >= 4 is 40.8 Å². The Hall–Kier alpha value is -1.29. The molecule has 1 aromatic carbocycles. The lowest BCUT2D eigenvalue weighted by atomic mass is 10.0. The van der Waals surface area contributed by atoms with Crippen LogP contribution < -0.4 is 0 Å². The molecular weight excluding hydrogens is 309 g/mol. The Kier molecular flexibility index (Phi) is 4.30. The fourth-order valence-corrected chi connectivity index (χ4v) is 2.44. The molecule has 1 N–H and O–H groups in total. The molecule has 0 amide bonds. The van der Waals surface area contributed by atoms with E-state index < -0.39 is 5.97 Å². The molecule has 6 heteroatoms. The van der Waals surface area contributed by atoms with Crippen LogP contribution >= 0.6 is 34.8 Å². The molecule has 0 atom stereocenters. The van der Waals surface area contributed by atoms with E-state index >= 15 is 0 Å². The molecule has 1 aromatic heterocycles. The predicted molar refractivity (Wildman–Crippen MR) is 76.0 cm³/mol. The first-order valence-electron chi connectivity index (χ1n) is 5.28. The van der Waals surface area contributed by atoms with E-state index in [0.29, 0.717) is 31.9 Å². The third-order valence-electron chi connectivity index (χ3n) is 2.41. The summed E-state index contributed by atoms with van der Waals surface area (Å²) < 4.78 is 0. The third kappa shape index (κ3) is 3.60. The van der Waals surface area contributed by atoms with Crippen LogP contribution in [0.2, 0.25) is 15.1 Å². The molecule has 2 aromatic rings. The molecule has 0 spiro atoms. The number of aromatic nitrogens is 1. The van der Waals surface area contributed by atoms with Crippen LogP contribution in [0.4, 0.5) is 0 Å². The van der Waals surface area contributed by atoms with E-state index in [1.54, 1.807) is 24.3 Å². The molecule has 0 radical (unpaired) electrons. The number of carboxylic acid groups (broad SMARTS) is 1. The van der Waals surface area contributed by atoms with Crippen LogP contribution in [-0.2, 0) is 11.2 Å². The first kappa shape index (κ1) is 14.1. The van der Waals surface area contributed by atoms with E-state index in [1.165, 1.54) is 6.20 Å². The van der Waals surface area contributed by atoms with Gasteiger partial charge in [-0.05, 0) is 29.8 Å². The highest BCUT2D eigenvalue weighted by Gasteiger charge is 2.12. The van der Waals surface area contributed by atoms with Gasteiger partial charge in [-0.15, -0.1) is 0 Å². The fourth-order valence-electron chi connectivity index (χ4n) is 1.73. The summed E-state index contributed by atoms with van der Waals surface area (Å²) in [6.45, 7) is 0. The van der Waals surface area contributed by atoms with Crippen molar-refractivity contribution in [3.63, 3.8) is 0 Å². The molecule has 0 fully saturated rings. The summed E-state index contributed by atoms with van der Waals surface area (Å²) in [4.78, 5) is 15.0. The molecule has 0 aliphatic heterocycles. The highest BCUT2D eigenvalue weighted by Crippen LogP contribution is 2.29. The molecule has 2 rings (SSSR count). The first-order chi connectivity index (χ1) is 8.95. The number of benzene rings is 1. The second kappa shape index (κ2) is 5.78. The SMILES string of the molecule is O=C(O)Cc1cc(Cl)cnc1-c1cc(Cl)cc(Cl)c1. The Balaban J connectivity index is 2.57. The maximum Gasteiger partial charge on any atom is 0.307 e. The Morgan fingerprint density at radius 3 is 2.26 bits per heavy atom. The zero-order valence-electron chi connectivity index (χ0n) is 9.53. The van der Waals surface area contributed by atoms with Crippen LogP contribution in [-0.4, -0.2) is 16.1 Å². The average Bonchev–Trinajstić information content (AvgIpc) is 2.26. The molecule has 0 saturated heterocycles. The van der Waals surface area contributed by atoms with Crippen molar-refractivity contribution < 1.29 is 9.90 Å². The van der Waals surface area contributed by atoms with Crippen LogP contribution in [0.25, 0.3) is 11.3 Å². The van der Waals surface area contributed by atoms with Gasteiger partial charge in [-0.1, -0.05) is 34.8 Å². The van der Waals surface area contributed by atoms with Crippen LogP contribution in [0, 0.1) is 0 Å². The van der Waals surface area contributed by atoms with Gasteiger partial charge in [0.25, 0.3) is 0 Å². The van der Waals surface area contributed by atoms with Gasteiger partial charge in [-0.25, -0.2) is 0 Å².